The molecule has 1 aromatic rings. The van der Waals surface area contributed by atoms with Crippen LogP contribution in [0, 0.1) is 0 Å². The molecule has 0 nitrogen and oxygen atoms in total. The third kappa shape index (κ3) is 2.74. The highest BCUT2D eigenvalue weighted by molar-refractivity contribution is 7.98. The summed E-state index contributed by atoms with van der Waals surface area (Å²) in [5.41, 5.74) is 1.42. The van der Waals surface area contributed by atoms with Crippen LogP contribution in [-0.4, -0.2) is 5.75 Å². The van der Waals surface area contributed by atoms with Crippen LogP contribution in [0.1, 0.15) is 12.5 Å². The lowest BCUT2D eigenvalue weighted by molar-refractivity contribution is 1.38. The van der Waals surface area contributed by atoms with Gasteiger partial charge in [0.05, 0.1) is 0 Å². The van der Waals surface area contributed by atoms with Crippen molar-refractivity contribution in [3.8, 4) is 0 Å². The average molecular weight is 179 g/mol. The molecular weight excluding hydrogens is 164 g/mol. The van der Waals surface area contributed by atoms with Gasteiger partial charge in [0.15, 0.2) is 0 Å². The summed E-state index contributed by atoms with van der Waals surface area (Å²) in [6.07, 6.45) is 0. The highest BCUT2D eigenvalue weighted by Crippen LogP contribution is 2.08. The second-order valence-electron chi connectivity index (χ2n) is 2.62. The summed E-state index contributed by atoms with van der Waals surface area (Å²) in [7, 11) is 0.375. The first-order valence-corrected chi connectivity index (χ1v) is 5.82. The molecule has 12 heavy (non-hydrogen) atoms. The summed E-state index contributed by atoms with van der Waals surface area (Å²) in [6, 6.07) is 10.6. The van der Waals surface area contributed by atoms with E-state index >= 15 is 0 Å². The van der Waals surface area contributed by atoms with Crippen LogP contribution >= 0.6 is 0 Å². The van der Waals surface area contributed by atoms with Gasteiger partial charge in [-0.25, -0.2) is 0 Å². The Labute approximate surface area is 77.7 Å². The van der Waals surface area contributed by atoms with E-state index < -0.39 is 0 Å². The first-order chi connectivity index (χ1) is 5.86. The molecule has 1 atom stereocenters. The first-order valence-electron chi connectivity index (χ1n) is 4.19. The van der Waals surface area contributed by atoms with Crippen LogP contribution in [0.2, 0.25) is 0 Å². The molecule has 0 fully saturated rings. The van der Waals surface area contributed by atoms with Crippen molar-refractivity contribution in [2.24, 2.45) is 0 Å². The highest BCUT2D eigenvalue weighted by atomic mass is 32.2. The third-order valence-corrected chi connectivity index (χ3v) is 3.72. The van der Waals surface area contributed by atoms with Gasteiger partial charge >= 0.3 is 0 Å². The summed E-state index contributed by atoms with van der Waals surface area (Å²) in [5.74, 6) is 2.36. The maximum atomic E-state index is 3.84. The molecule has 1 aromatic carbocycles. The van der Waals surface area contributed by atoms with Crippen LogP contribution in [0.15, 0.2) is 42.3 Å². The Bertz CT molecular complexity index is 228. The highest BCUT2D eigenvalue weighted by Gasteiger charge is 2.10. The van der Waals surface area contributed by atoms with Crippen LogP contribution in [0.5, 0.6) is 0 Å². The van der Waals surface area contributed by atoms with E-state index in [-0.39, 0.29) is 0 Å². The van der Waals surface area contributed by atoms with Gasteiger partial charge in [0.25, 0.3) is 0 Å². The summed E-state index contributed by atoms with van der Waals surface area (Å²) in [6.45, 7) is 6.06. The van der Waals surface area contributed by atoms with E-state index in [1.54, 1.807) is 0 Å². The van der Waals surface area contributed by atoms with E-state index in [4.69, 9.17) is 0 Å². The molecule has 64 valence electrons. The lowest BCUT2D eigenvalue weighted by Crippen LogP contribution is -2.03. The van der Waals surface area contributed by atoms with Crippen LogP contribution in [0.3, 0.4) is 0 Å². The van der Waals surface area contributed by atoms with E-state index in [1.807, 2.05) is 0 Å². The van der Waals surface area contributed by atoms with Gasteiger partial charge in [-0.1, -0.05) is 36.9 Å². The normalized spacial score (nSPS) is 12.4. The Morgan fingerprint density at radius 2 is 2.00 bits per heavy atom. The molecule has 0 radical (unpaired) electrons. The fourth-order valence-electron chi connectivity index (χ4n) is 1.07. The molecule has 1 unspecified atom stereocenters. The minimum atomic E-state index is 0.375. The van der Waals surface area contributed by atoms with Gasteiger partial charge in [0.1, 0.15) is 16.9 Å². The minimum Gasteiger partial charge on any atom is -0.0622 e. The molecule has 0 saturated heterocycles. The fraction of sp³-hybridized carbons (Fsp3) is 0.273. The molecule has 0 amide bonds. The Morgan fingerprint density at radius 1 is 1.33 bits per heavy atom. The van der Waals surface area contributed by atoms with Gasteiger partial charge in [0.2, 0.25) is 0 Å². The molecule has 0 aliphatic rings. The number of benzene rings is 1. The van der Waals surface area contributed by atoms with Crippen LogP contribution < -0.4 is 0 Å². The third-order valence-electron chi connectivity index (χ3n) is 1.80. The van der Waals surface area contributed by atoms with Crippen molar-refractivity contribution in [1.82, 2.24) is 0 Å². The van der Waals surface area contributed by atoms with Crippen molar-refractivity contribution >= 4 is 10.9 Å². The van der Waals surface area contributed by atoms with Crippen molar-refractivity contribution in [2.45, 2.75) is 12.7 Å². The molecule has 1 rings (SSSR count). The lowest BCUT2D eigenvalue weighted by atomic mass is 10.2. The number of hydrogen-bond acceptors (Lipinski definition) is 0. The zero-order valence-corrected chi connectivity index (χ0v) is 8.31. The standard InChI is InChI=1S/C11H15S/c1-3-12(4-2)10-11-8-6-5-7-9-11/h3,5-9H,1,4,10H2,2H3/q+1. The molecule has 0 aliphatic carbocycles. The Balaban J connectivity index is 2.56. The zero-order valence-electron chi connectivity index (χ0n) is 7.49. The van der Waals surface area contributed by atoms with E-state index in [0.29, 0.717) is 10.9 Å². The minimum absolute atomic E-state index is 0.375. The Morgan fingerprint density at radius 3 is 2.50 bits per heavy atom. The summed E-state index contributed by atoms with van der Waals surface area (Å²) in [5, 5.41) is 2.08. The Kier molecular flexibility index (Phi) is 3.95. The molecule has 1 heteroatoms. The molecule has 0 bridgehead atoms. The molecule has 0 aliphatic heterocycles. The number of rotatable bonds is 4. The summed E-state index contributed by atoms with van der Waals surface area (Å²) in [4.78, 5) is 0. The SMILES string of the molecule is C=C[S+](CC)Cc1ccccc1. The van der Waals surface area contributed by atoms with E-state index in [0.717, 1.165) is 5.75 Å². The quantitative estimate of drug-likeness (QED) is 0.623. The maximum Gasteiger partial charge on any atom is 0.138 e. The first kappa shape index (κ1) is 9.40. The number of hydrogen-bond donors (Lipinski definition) is 0. The van der Waals surface area contributed by atoms with Crippen molar-refractivity contribution < 1.29 is 0 Å². The largest absolute Gasteiger partial charge is 0.138 e. The zero-order chi connectivity index (χ0) is 8.81. The maximum absolute atomic E-state index is 3.84. The van der Waals surface area contributed by atoms with Gasteiger partial charge in [0, 0.05) is 16.5 Å². The van der Waals surface area contributed by atoms with Crippen LogP contribution in [0.4, 0.5) is 0 Å². The summed E-state index contributed by atoms with van der Waals surface area (Å²) < 4.78 is 0. The van der Waals surface area contributed by atoms with Gasteiger partial charge < -0.3 is 0 Å². The van der Waals surface area contributed by atoms with Gasteiger partial charge in [-0.2, -0.15) is 0 Å². The van der Waals surface area contributed by atoms with Crippen LogP contribution in [-0.2, 0) is 16.6 Å². The lowest BCUT2D eigenvalue weighted by Gasteiger charge is -1.99. The Hall–Kier alpha value is -0.690. The van der Waals surface area contributed by atoms with E-state index in [1.165, 1.54) is 11.3 Å². The van der Waals surface area contributed by atoms with Gasteiger partial charge in [-0.3, -0.25) is 0 Å². The van der Waals surface area contributed by atoms with Crippen LogP contribution in [0.25, 0.3) is 0 Å². The van der Waals surface area contributed by atoms with Gasteiger partial charge in [-0.05, 0) is 6.92 Å². The second kappa shape index (κ2) is 5.04. The molecule has 0 saturated carbocycles. The van der Waals surface area contributed by atoms with Crippen molar-refractivity contribution in [2.75, 3.05) is 5.75 Å². The molecule has 0 N–H and O–H groups in total. The fourth-order valence-corrected chi connectivity index (χ4v) is 2.25. The second-order valence-corrected chi connectivity index (χ2v) is 4.90. The van der Waals surface area contributed by atoms with E-state index in [9.17, 15) is 0 Å². The predicted octanol–water partition coefficient (Wildman–Crippen LogP) is 2.97. The smallest absolute Gasteiger partial charge is 0.0622 e. The van der Waals surface area contributed by atoms with Crippen molar-refractivity contribution in [3.05, 3.63) is 47.9 Å². The van der Waals surface area contributed by atoms with Crippen molar-refractivity contribution in [3.63, 3.8) is 0 Å². The predicted molar refractivity (Wildman–Crippen MR) is 58.2 cm³/mol. The monoisotopic (exact) mass is 179 g/mol. The molecular formula is C11H15S+. The molecule has 0 aromatic heterocycles. The van der Waals surface area contributed by atoms with Crippen molar-refractivity contribution in [1.29, 1.82) is 0 Å². The summed E-state index contributed by atoms with van der Waals surface area (Å²) >= 11 is 0. The average Bonchev–Trinajstić information content (AvgIpc) is 2.16. The molecule has 0 spiro atoms. The van der Waals surface area contributed by atoms with Gasteiger partial charge in [-0.15, -0.1) is 0 Å². The van der Waals surface area contributed by atoms with E-state index in [2.05, 4.69) is 49.2 Å². The topological polar surface area (TPSA) is 0 Å². The molecule has 0 heterocycles.